The van der Waals surface area contributed by atoms with Crippen LogP contribution < -0.4 is 0 Å². The van der Waals surface area contributed by atoms with E-state index in [1.165, 1.54) is 96.3 Å². The van der Waals surface area contributed by atoms with Gasteiger partial charge in [0.15, 0.2) is 6.23 Å². The zero-order valence-electron chi connectivity index (χ0n) is 20.0. The second-order valence-corrected chi connectivity index (χ2v) is 9.15. The lowest BCUT2D eigenvalue weighted by Gasteiger charge is -2.39. The highest BCUT2D eigenvalue weighted by Crippen LogP contribution is 2.24. The predicted octanol–water partition coefficient (Wildman–Crippen LogP) is 7.39. The molecular weight excluding hydrogens is 356 g/mol. The highest BCUT2D eigenvalue weighted by molar-refractivity contribution is 5.60. The molecular formula is C26H51N2O+. The fraction of sp³-hybridized carbons (Fsp3) is 0.885. The number of unbranched alkanes of at least 4 members (excludes halogenated alkanes) is 15. The SMILES string of the molecule is CCCCCCCCCCCCCCCCC/C=C/C1N=CC[N+]1(CC)C(C)O. The zero-order valence-corrected chi connectivity index (χ0v) is 20.0. The lowest BCUT2D eigenvalue weighted by Crippen LogP contribution is -2.57. The molecule has 0 saturated carbocycles. The number of likely N-dealkylation sites (N-methyl/N-ethyl adjacent to an activating group) is 1. The van der Waals surface area contributed by atoms with Crippen LogP contribution in [0.15, 0.2) is 17.1 Å². The first-order valence-corrected chi connectivity index (χ1v) is 12.9. The smallest absolute Gasteiger partial charge is 0.204 e. The van der Waals surface area contributed by atoms with Gasteiger partial charge in [0.1, 0.15) is 6.54 Å². The molecule has 29 heavy (non-hydrogen) atoms. The summed E-state index contributed by atoms with van der Waals surface area (Å²) in [4.78, 5) is 4.59. The Bertz CT molecular complexity index is 432. The van der Waals surface area contributed by atoms with Gasteiger partial charge in [-0.1, -0.05) is 103 Å². The van der Waals surface area contributed by atoms with Gasteiger partial charge in [-0.3, -0.25) is 4.48 Å². The molecule has 0 saturated heterocycles. The van der Waals surface area contributed by atoms with Crippen LogP contribution >= 0.6 is 0 Å². The Labute approximate surface area is 182 Å². The first-order valence-electron chi connectivity index (χ1n) is 12.9. The number of nitrogens with zero attached hydrogens (tertiary/aromatic N) is 2. The first-order chi connectivity index (χ1) is 14.2. The average molecular weight is 408 g/mol. The van der Waals surface area contributed by atoms with E-state index < -0.39 is 0 Å². The van der Waals surface area contributed by atoms with Crippen LogP contribution in [0, 0.1) is 0 Å². The number of aliphatic hydroxyl groups excluding tert-OH is 1. The van der Waals surface area contributed by atoms with E-state index in [0.717, 1.165) is 19.5 Å². The van der Waals surface area contributed by atoms with Crippen molar-refractivity contribution < 1.29 is 9.59 Å². The van der Waals surface area contributed by atoms with Gasteiger partial charge in [0.05, 0.1) is 12.8 Å². The first kappa shape index (κ1) is 26.4. The van der Waals surface area contributed by atoms with Crippen molar-refractivity contribution in [3.63, 3.8) is 0 Å². The van der Waals surface area contributed by atoms with Crippen molar-refractivity contribution in [1.29, 1.82) is 0 Å². The predicted molar refractivity (Wildman–Crippen MR) is 128 cm³/mol. The van der Waals surface area contributed by atoms with Crippen LogP contribution in [0.25, 0.3) is 0 Å². The Morgan fingerprint density at radius 1 is 0.862 bits per heavy atom. The quantitative estimate of drug-likeness (QED) is 0.135. The molecule has 1 N–H and O–H groups in total. The van der Waals surface area contributed by atoms with Gasteiger partial charge >= 0.3 is 0 Å². The molecule has 0 radical (unpaired) electrons. The van der Waals surface area contributed by atoms with Crippen LogP contribution in [0.1, 0.15) is 124 Å². The lowest BCUT2D eigenvalue weighted by atomic mass is 10.0. The molecule has 1 aliphatic heterocycles. The average Bonchev–Trinajstić information content (AvgIpc) is 3.14. The van der Waals surface area contributed by atoms with Crippen molar-refractivity contribution >= 4 is 6.21 Å². The molecule has 0 aromatic rings. The van der Waals surface area contributed by atoms with Crippen LogP contribution in [-0.2, 0) is 0 Å². The normalized spacial score (nSPS) is 22.7. The van der Waals surface area contributed by atoms with Gasteiger partial charge in [0.2, 0.25) is 6.17 Å². The Balaban J connectivity index is 1.90. The maximum Gasteiger partial charge on any atom is 0.204 e. The van der Waals surface area contributed by atoms with Crippen molar-refractivity contribution in [1.82, 2.24) is 0 Å². The van der Waals surface area contributed by atoms with Crippen LogP contribution in [0.4, 0.5) is 0 Å². The van der Waals surface area contributed by atoms with E-state index in [1.807, 2.05) is 13.1 Å². The van der Waals surface area contributed by atoms with Gasteiger partial charge in [-0.05, 0) is 25.8 Å². The minimum absolute atomic E-state index is 0.108. The Kier molecular flexibility index (Phi) is 15.5. The summed E-state index contributed by atoms with van der Waals surface area (Å²) in [6.07, 6.45) is 28.6. The number of aliphatic hydroxyl groups is 1. The van der Waals surface area contributed by atoms with E-state index >= 15 is 0 Å². The van der Waals surface area contributed by atoms with E-state index in [4.69, 9.17) is 0 Å². The van der Waals surface area contributed by atoms with Crippen LogP contribution in [-0.4, -0.2) is 41.3 Å². The third-order valence-electron chi connectivity index (χ3n) is 6.82. The molecule has 0 spiro atoms. The zero-order chi connectivity index (χ0) is 21.2. The summed E-state index contributed by atoms with van der Waals surface area (Å²) in [5, 5.41) is 10.2. The number of aliphatic imine (C=N–C) groups is 1. The van der Waals surface area contributed by atoms with Gasteiger partial charge in [-0.15, -0.1) is 0 Å². The summed E-state index contributed by atoms with van der Waals surface area (Å²) < 4.78 is 0.662. The van der Waals surface area contributed by atoms with Gasteiger partial charge in [0, 0.05) is 6.92 Å². The van der Waals surface area contributed by atoms with Crippen molar-refractivity contribution in [2.45, 2.75) is 136 Å². The summed E-state index contributed by atoms with van der Waals surface area (Å²) in [6.45, 7) is 8.11. The number of rotatable bonds is 19. The second-order valence-electron chi connectivity index (χ2n) is 9.15. The standard InChI is InChI=1S/C26H51N2O/c1-4-6-7-8-9-10-11-12-13-14-15-16-17-18-19-20-21-22-26-27-23-24-28(26,5-2)25(3)29/h21-23,25-26,29H,4-20,24H2,1-3H3/q+1/b22-21+. The maximum absolute atomic E-state index is 10.2. The minimum atomic E-state index is -0.358. The Morgan fingerprint density at radius 3 is 1.79 bits per heavy atom. The summed E-state index contributed by atoms with van der Waals surface area (Å²) in [7, 11) is 0. The molecule has 3 unspecified atom stereocenters. The highest BCUT2D eigenvalue weighted by atomic mass is 16.3. The molecule has 3 atom stereocenters. The third kappa shape index (κ3) is 10.8. The summed E-state index contributed by atoms with van der Waals surface area (Å²) in [5.74, 6) is 0. The van der Waals surface area contributed by atoms with E-state index in [1.54, 1.807) is 0 Å². The fourth-order valence-corrected chi connectivity index (χ4v) is 4.57. The van der Waals surface area contributed by atoms with Crippen LogP contribution in [0.5, 0.6) is 0 Å². The van der Waals surface area contributed by atoms with Gasteiger partial charge < -0.3 is 5.11 Å². The second kappa shape index (κ2) is 17.1. The van der Waals surface area contributed by atoms with Crippen molar-refractivity contribution in [2.75, 3.05) is 13.1 Å². The molecule has 3 nitrogen and oxygen atoms in total. The van der Waals surface area contributed by atoms with Gasteiger partial charge in [-0.25, -0.2) is 4.99 Å². The van der Waals surface area contributed by atoms with Gasteiger partial charge in [-0.2, -0.15) is 0 Å². The number of hydrogen-bond donors (Lipinski definition) is 1. The van der Waals surface area contributed by atoms with Crippen molar-refractivity contribution in [3.8, 4) is 0 Å². The molecule has 0 aliphatic carbocycles. The molecule has 0 aromatic carbocycles. The number of quaternary nitrogens is 1. The Morgan fingerprint density at radius 2 is 1.34 bits per heavy atom. The topological polar surface area (TPSA) is 32.6 Å². The van der Waals surface area contributed by atoms with E-state index in [-0.39, 0.29) is 12.4 Å². The van der Waals surface area contributed by atoms with Crippen molar-refractivity contribution in [2.24, 2.45) is 4.99 Å². The highest BCUT2D eigenvalue weighted by Gasteiger charge is 2.40. The molecule has 0 fully saturated rings. The summed E-state index contributed by atoms with van der Waals surface area (Å²) >= 11 is 0. The largest absolute Gasteiger partial charge is 0.345 e. The van der Waals surface area contributed by atoms with Crippen molar-refractivity contribution in [3.05, 3.63) is 12.2 Å². The molecule has 1 heterocycles. The minimum Gasteiger partial charge on any atom is -0.345 e. The van der Waals surface area contributed by atoms with E-state index in [9.17, 15) is 5.11 Å². The maximum atomic E-state index is 10.2. The molecule has 0 bridgehead atoms. The molecule has 3 heteroatoms. The lowest BCUT2D eigenvalue weighted by molar-refractivity contribution is -0.970. The number of hydrogen-bond acceptors (Lipinski definition) is 2. The third-order valence-corrected chi connectivity index (χ3v) is 6.82. The molecule has 0 aromatic heterocycles. The molecule has 1 rings (SSSR count). The van der Waals surface area contributed by atoms with Crippen LogP contribution in [0.2, 0.25) is 0 Å². The molecule has 0 amide bonds. The molecule has 170 valence electrons. The number of allylic oxidation sites excluding steroid dienone is 1. The molecule has 1 aliphatic rings. The summed E-state index contributed by atoms with van der Waals surface area (Å²) in [6, 6.07) is 0. The fourth-order valence-electron chi connectivity index (χ4n) is 4.57. The Hall–Kier alpha value is -0.670. The van der Waals surface area contributed by atoms with E-state index in [2.05, 4.69) is 31.0 Å². The monoisotopic (exact) mass is 407 g/mol. The van der Waals surface area contributed by atoms with Gasteiger partial charge in [0.25, 0.3) is 0 Å². The van der Waals surface area contributed by atoms with Crippen LogP contribution in [0.3, 0.4) is 0 Å². The van der Waals surface area contributed by atoms with E-state index in [0.29, 0.717) is 4.48 Å². The summed E-state index contributed by atoms with van der Waals surface area (Å²) in [5.41, 5.74) is 0.